The van der Waals surface area contributed by atoms with Gasteiger partial charge >= 0.3 is 0 Å². The zero-order valence-corrected chi connectivity index (χ0v) is 8.45. The fourth-order valence-corrected chi connectivity index (χ4v) is 1.75. The Hall–Kier alpha value is -1.10. The highest BCUT2D eigenvalue weighted by Crippen LogP contribution is 2.16. The second-order valence-electron chi connectivity index (χ2n) is 3.50. The third-order valence-corrected chi connectivity index (χ3v) is 2.57. The van der Waals surface area contributed by atoms with Gasteiger partial charge in [-0.25, -0.2) is 0 Å². The third-order valence-electron chi connectivity index (χ3n) is 2.57. The van der Waals surface area contributed by atoms with E-state index in [2.05, 4.69) is 5.32 Å². The van der Waals surface area contributed by atoms with Crippen LogP contribution in [0.25, 0.3) is 0 Å². The van der Waals surface area contributed by atoms with E-state index in [0.717, 1.165) is 19.4 Å². The Labute approximate surface area is 83.6 Å². The number of amides is 2. The molecule has 14 heavy (non-hydrogen) atoms. The molecule has 5 nitrogen and oxygen atoms in total. The quantitative estimate of drug-likeness (QED) is 0.594. The number of nitrogens with one attached hydrogen (secondary N) is 1. The van der Waals surface area contributed by atoms with Gasteiger partial charge in [0.15, 0.2) is 0 Å². The third kappa shape index (κ3) is 2.45. The SMILES string of the molecule is CNC(=O)C1CCCN(C(=O)CN)C1. The van der Waals surface area contributed by atoms with Gasteiger partial charge < -0.3 is 16.0 Å². The molecule has 2 amide bonds. The second-order valence-corrected chi connectivity index (χ2v) is 3.50. The van der Waals surface area contributed by atoms with Crippen molar-refractivity contribution >= 4 is 11.8 Å². The number of nitrogens with zero attached hydrogens (tertiary/aromatic N) is 1. The molecular formula is C9H17N3O2. The number of hydrogen-bond acceptors (Lipinski definition) is 3. The number of likely N-dealkylation sites (tertiary alicyclic amines) is 1. The maximum absolute atomic E-state index is 11.3. The van der Waals surface area contributed by atoms with Crippen molar-refractivity contribution in [3.05, 3.63) is 0 Å². The van der Waals surface area contributed by atoms with Crippen LogP contribution in [-0.2, 0) is 9.59 Å². The van der Waals surface area contributed by atoms with E-state index < -0.39 is 0 Å². The van der Waals surface area contributed by atoms with Crippen LogP contribution in [0.3, 0.4) is 0 Å². The summed E-state index contributed by atoms with van der Waals surface area (Å²) in [5.74, 6) is -0.123. The average molecular weight is 199 g/mol. The van der Waals surface area contributed by atoms with E-state index in [0.29, 0.717) is 6.54 Å². The summed E-state index contributed by atoms with van der Waals surface area (Å²) in [6, 6.07) is 0. The van der Waals surface area contributed by atoms with Crippen LogP contribution in [0.1, 0.15) is 12.8 Å². The molecule has 0 aromatic rings. The van der Waals surface area contributed by atoms with Crippen molar-refractivity contribution in [1.29, 1.82) is 0 Å². The fraction of sp³-hybridized carbons (Fsp3) is 0.778. The molecule has 1 unspecified atom stereocenters. The van der Waals surface area contributed by atoms with Gasteiger partial charge in [-0.05, 0) is 12.8 Å². The maximum atomic E-state index is 11.3. The standard InChI is InChI=1S/C9H17N3O2/c1-11-9(14)7-3-2-4-12(6-7)8(13)5-10/h7H,2-6,10H2,1H3,(H,11,14). The van der Waals surface area contributed by atoms with Crippen LogP contribution in [-0.4, -0.2) is 43.4 Å². The Bertz CT molecular complexity index is 208. The minimum Gasteiger partial charge on any atom is -0.359 e. The number of carbonyl (C=O) groups excluding carboxylic acids is 2. The molecule has 80 valence electrons. The summed E-state index contributed by atoms with van der Waals surface area (Å²) < 4.78 is 0. The predicted molar refractivity (Wildman–Crippen MR) is 52.4 cm³/mol. The molecule has 0 aromatic heterocycles. The molecule has 0 radical (unpaired) electrons. The number of hydrogen-bond donors (Lipinski definition) is 2. The predicted octanol–water partition coefficient (Wildman–Crippen LogP) is -1.07. The summed E-state index contributed by atoms with van der Waals surface area (Å²) in [7, 11) is 1.62. The number of carbonyl (C=O) groups is 2. The molecule has 1 saturated heterocycles. The van der Waals surface area contributed by atoms with Crippen LogP contribution in [0.4, 0.5) is 0 Å². The number of rotatable bonds is 2. The molecule has 1 aliphatic rings. The molecule has 0 aromatic carbocycles. The van der Waals surface area contributed by atoms with Crippen molar-refractivity contribution in [3.63, 3.8) is 0 Å². The normalized spacial score (nSPS) is 21.9. The van der Waals surface area contributed by atoms with Gasteiger partial charge in [0.1, 0.15) is 0 Å². The first-order chi connectivity index (χ1) is 6.69. The van der Waals surface area contributed by atoms with E-state index in [9.17, 15) is 9.59 Å². The highest BCUT2D eigenvalue weighted by molar-refractivity contribution is 5.81. The average Bonchev–Trinajstić information content (AvgIpc) is 2.27. The molecule has 1 aliphatic heterocycles. The van der Waals surface area contributed by atoms with Crippen molar-refractivity contribution in [3.8, 4) is 0 Å². The van der Waals surface area contributed by atoms with Crippen LogP contribution in [0.15, 0.2) is 0 Å². The smallest absolute Gasteiger partial charge is 0.236 e. The van der Waals surface area contributed by atoms with Crippen molar-refractivity contribution < 1.29 is 9.59 Å². The van der Waals surface area contributed by atoms with Gasteiger partial charge in [0.05, 0.1) is 12.5 Å². The first-order valence-corrected chi connectivity index (χ1v) is 4.88. The highest BCUT2D eigenvalue weighted by atomic mass is 16.2. The monoisotopic (exact) mass is 199 g/mol. The van der Waals surface area contributed by atoms with Crippen LogP contribution in [0.2, 0.25) is 0 Å². The summed E-state index contributed by atoms with van der Waals surface area (Å²) in [5.41, 5.74) is 5.27. The lowest BCUT2D eigenvalue weighted by molar-refractivity contribution is -0.134. The van der Waals surface area contributed by atoms with Crippen molar-refractivity contribution in [2.45, 2.75) is 12.8 Å². The molecule has 0 spiro atoms. The Kier molecular flexibility index (Phi) is 3.88. The van der Waals surface area contributed by atoms with Gasteiger partial charge in [-0.15, -0.1) is 0 Å². The summed E-state index contributed by atoms with van der Waals surface area (Å²) in [5, 5.41) is 2.60. The van der Waals surface area contributed by atoms with Crippen LogP contribution >= 0.6 is 0 Å². The van der Waals surface area contributed by atoms with E-state index in [1.165, 1.54) is 0 Å². The number of piperidine rings is 1. The second kappa shape index (κ2) is 4.95. The molecule has 0 bridgehead atoms. The van der Waals surface area contributed by atoms with Gasteiger partial charge in [-0.3, -0.25) is 9.59 Å². The topological polar surface area (TPSA) is 75.4 Å². The van der Waals surface area contributed by atoms with Crippen LogP contribution < -0.4 is 11.1 Å². The summed E-state index contributed by atoms with van der Waals surface area (Å²) >= 11 is 0. The summed E-state index contributed by atoms with van der Waals surface area (Å²) in [6.45, 7) is 1.26. The lowest BCUT2D eigenvalue weighted by atomic mass is 9.97. The van der Waals surface area contributed by atoms with E-state index in [1.54, 1.807) is 11.9 Å². The first-order valence-electron chi connectivity index (χ1n) is 4.88. The zero-order valence-electron chi connectivity index (χ0n) is 8.45. The minimum atomic E-state index is -0.0707. The van der Waals surface area contributed by atoms with Crippen molar-refractivity contribution in [1.82, 2.24) is 10.2 Å². The lowest BCUT2D eigenvalue weighted by Crippen LogP contribution is -2.46. The van der Waals surface area contributed by atoms with Gasteiger partial charge in [-0.1, -0.05) is 0 Å². The first kappa shape index (κ1) is 11.0. The molecule has 1 rings (SSSR count). The summed E-state index contributed by atoms with van der Waals surface area (Å²) in [4.78, 5) is 24.3. The molecule has 3 N–H and O–H groups in total. The van der Waals surface area contributed by atoms with Gasteiger partial charge in [0.25, 0.3) is 0 Å². The Morgan fingerprint density at radius 1 is 1.57 bits per heavy atom. The molecule has 1 atom stereocenters. The maximum Gasteiger partial charge on any atom is 0.236 e. The molecule has 0 saturated carbocycles. The molecule has 1 fully saturated rings. The van der Waals surface area contributed by atoms with Gasteiger partial charge in [0.2, 0.25) is 11.8 Å². The summed E-state index contributed by atoms with van der Waals surface area (Å²) in [6.07, 6.45) is 1.73. The van der Waals surface area contributed by atoms with E-state index in [1.807, 2.05) is 0 Å². The molecule has 1 heterocycles. The molecule has 0 aliphatic carbocycles. The highest BCUT2D eigenvalue weighted by Gasteiger charge is 2.26. The Morgan fingerprint density at radius 3 is 2.86 bits per heavy atom. The molecule has 5 heteroatoms. The van der Waals surface area contributed by atoms with Crippen LogP contribution in [0, 0.1) is 5.92 Å². The Balaban J connectivity index is 2.51. The van der Waals surface area contributed by atoms with E-state index in [-0.39, 0.29) is 24.3 Å². The van der Waals surface area contributed by atoms with Gasteiger partial charge in [-0.2, -0.15) is 0 Å². The van der Waals surface area contributed by atoms with E-state index >= 15 is 0 Å². The lowest BCUT2D eigenvalue weighted by Gasteiger charge is -2.31. The minimum absolute atomic E-state index is 0.0134. The molecular weight excluding hydrogens is 182 g/mol. The largest absolute Gasteiger partial charge is 0.359 e. The fourth-order valence-electron chi connectivity index (χ4n) is 1.75. The van der Waals surface area contributed by atoms with Crippen molar-refractivity contribution in [2.75, 3.05) is 26.7 Å². The van der Waals surface area contributed by atoms with Crippen molar-refractivity contribution in [2.24, 2.45) is 11.7 Å². The number of nitrogens with two attached hydrogens (primary N) is 1. The zero-order chi connectivity index (χ0) is 10.6. The van der Waals surface area contributed by atoms with Gasteiger partial charge in [0, 0.05) is 20.1 Å². The Morgan fingerprint density at radius 2 is 2.29 bits per heavy atom. The van der Waals surface area contributed by atoms with E-state index in [4.69, 9.17) is 5.73 Å². The van der Waals surface area contributed by atoms with Crippen LogP contribution in [0.5, 0.6) is 0 Å².